The van der Waals surface area contributed by atoms with E-state index in [0.717, 1.165) is 5.69 Å². The molecule has 8 nitrogen and oxygen atoms in total. The number of carbonyl (C=O) groups excluding carboxylic acids is 3. The normalized spacial score (nSPS) is 11.2. The quantitative estimate of drug-likeness (QED) is 0.186. The van der Waals surface area contributed by atoms with Crippen molar-refractivity contribution in [2.45, 2.75) is 45.7 Å². The van der Waals surface area contributed by atoms with Gasteiger partial charge in [0.1, 0.15) is 12.4 Å². The van der Waals surface area contributed by atoms with E-state index in [1.807, 2.05) is 26.0 Å². The first-order valence-electron chi connectivity index (χ1n) is 12.1. The Balaban J connectivity index is 1.87. The van der Waals surface area contributed by atoms with E-state index in [0.29, 0.717) is 55.4 Å². The van der Waals surface area contributed by atoms with E-state index in [1.54, 1.807) is 35.5 Å². The number of rotatable bonds is 14. The Morgan fingerprint density at radius 1 is 1.08 bits per heavy atom. The minimum absolute atomic E-state index is 0.177. The van der Waals surface area contributed by atoms with E-state index >= 15 is 0 Å². The number of aromatic nitrogens is 1. The maximum atomic E-state index is 13.3. The number of carbonyl (C=O) groups is 3. The summed E-state index contributed by atoms with van der Waals surface area (Å²) in [5.74, 6) is -3.36. The molecule has 0 radical (unpaired) electrons. The highest BCUT2D eigenvalue weighted by Crippen LogP contribution is 2.23. The van der Waals surface area contributed by atoms with Crippen molar-refractivity contribution in [2.75, 3.05) is 31.6 Å². The molecule has 0 fully saturated rings. The van der Waals surface area contributed by atoms with Crippen LogP contribution in [0.25, 0.3) is 0 Å². The van der Waals surface area contributed by atoms with Crippen LogP contribution in [0.3, 0.4) is 0 Å². The Bertz CT molecular complexity index is 1070. The van der Waals surface area contributed by atoms with Crippen molar-refractivity contribution >= 4 is 35.1 Å². The third-order valence-electron chi connectivity index (χ3n) is 5.12. The number of nitrogens with zero attached hydrogens (tertiary/aromatic N) is 2. The van der Waals surface area contributed by atoms with Crippen LogP contribution in [0.1, 0.15) is 49.9 Å². The predicted molar refractivity (Wildman–Crippen MR) is 136 cm³/mol. The Labute approximate surface area is 224 Å². The van der Waals surface area contributed by atoms with E-state index in [-0.39, 0.29) is 24.7 Å². The van der Waals surface area contributed by atoms with Gasteiger partial charge in [0, 0.05) is 54.7 Å². The van der Waals surface area contributed by atoms with Crippen molar-refractivity contribution in [1.29, 1.82) is 0 Å². The van der Waals surface area contributed by atoms with Gasteiger partial charge in [0.15, 0.2) is 0 Å². The number of ether oxygens (including phenoxy) is 2. The van der Waals surface area contributed by atoms with Crippen LogP contribution >= 0.6 is 11.6 Å². The second-order valence-corrected chi connectivity index (χ2v) is 9.34. The second-order valence-electron chi connectivity index (χ2n) is 8.90. The summed E-state index contributed by atoms with van der Waals surface area (Å²) in [5, 5.41) is 3.55. The van der Waals surface area contributed by atoms with Gasteiger partial charge < -0.3 is 19.7 Å². The minimum atomic E-state index is -5.21. The molecule has 0 aliphatic heterocycles. The summed E-state index contributed by atoms with van der Waals surface area (Å²) in [6, 6.07) is 8.48. The number of amides is 1. The highest BCUT2D eigenvalue weighted by molar-refractivity contribution is 6.31. The molecule has 0 bridgehead atoms. The lowest BCUT2D eigenvalue weighted by Crippen LogP contribution is -2.35. The van der Waals surface area contributed by atoms with Crippen LogP contribution in [-0.4, -0.2) is 60.1 Å². The molecule has 0 saturated heterocycles. The van der Waals surface area contributed by atoms with E-state index in [4.69, 9.17) is 16.3 Å². The third-order valence-corrected chi connectivity index (χ3v) is 5.34. The number of hydrogen-bond acceptors (Lipinski definition) is 7. The van der Waals surface area contributed by atoms with Crippen LogP contribution in [0, 0.1) is 5.92 Å². The van der Waals surface area contributed by atoms with Gasteiger partial charge >= 0.3 is 18.1 Å². The Morgan fingerprint density at radius 2 is 1.79 bits per heavy atom. The number of hydrogen-bond donors (Lipinski definition) is 1. The summed E-state index contributed by atoms with van der Waals surface area (Å²) < 4.78 is 46.0. The van der Waals surface area contributed by atoms with Gasteiger partial charge in [0.2, 0.25) is 0 Å². The predicted octanol–water partition coefficient (Wildman–Crippen LogP) is 5.52. The average Bonchev–Trinajstić information content (AvgIpc) is 2.84. The topological polar surface area (TPSA) is 97.8 Å². The van der Waals surface area contributed by atoms with Gasteiger partial charge in [0.05, 0.1) is 0 Å². The van der Waals surface area contributed by atoms with Crippen molar-refractivity contribution < 1.29 is 37.0 Å². The largest absolute Gasteiger partial charge is 0.492 e. The number of esters is 2. The zero-order valence-corrected chi connectivity index (χ0v) is 22.0. The Kier molecular flexibility index (Phi) is 12.3. The molecule has 1 N–H and O–H groups in total. The molecule has 1 heterocycles. The lowest BCUT2D eigenvalue weighted by molar-refractivity contribution is -0.201. The van der Waals surface area contributed by atoms with Crippen LogP contribution in [0.2, 0.25) is 5.02 Å². The highest BCUT2D eigenvalue weighted by Gasteiger charge is 2.42. The van der Waals surface area contributed by atoms with Crippen LogP contribution in [-0.2, 0) is 14.3 Å². The Hall–Kier alpha value is -3.34. The zero-order valence-electron chi connectivity index (χ0n) is 21.2. The SMILES string of the molecule is CC(C)CN(CCCCCC(=O)OC(=O)C(F)(F)F)C(=O)c1cc(Cl)cc(OCCNc2ccncc2)c1. The molecule has 2 aromatic rings. The first kappa shape index (κ1) is 30.9. The lowest BCUT2D eigenvalue weighted by Gasteiger charge is -2.25. The molecule has 0 saturated carbocycles. The summed E-state index contributed by atoms with van der Waals surface area (Å²) in [5.41, 5.74) is 1.27. The van der Waals surface area contributed by atoms with Crippen LogP contribution < -0.4 is 10.1 Å². The number of unbranched alkanes of at least 4 members (excludes halogenated alkanes) is 2. The summed E-state index contributed by atoms with van der Waals surface area (Å²) in [4.78, 5) is 41.0. The van der Waals surface area contributed by atoms with Gasteiger partial charge in [-0.2, -0.15) is 13.2 Å². The molecule has 38 heavy (non-hydrogen) atoms. The van der Waals surface area contributed by atoms with Crippen molar-refractivity contribution in [1.82, 2.24) is 9.88 Å². The number of anilines is 1. The summed E-state index contributed by atoms with van der Waals surface area (Å²) in [6.45, 7) is 5.64. The number of benzene rings is 1. The van der Waals surface area contributed by atoms with Gasteiger partial charge in [-0.1, -0.05) is 31.9 Å². The monoisotopic (exact) mass is 557 g/mol. The molecule has 2 rings (SSSR count). The maximum absolute atomic E-state index is 13.3. The molecular weight excluding hydrogens is 527 g/mol. The zero-order chi connectivity index (χ0) is 28.1. The van der Waals surface area contributed by atoms with Crippen LogP contribution in [0.15, 0.2) is 42.7 Å². The van der Waals surface area contributed by atoms with Crippen LogP contribution in [0.4, 0.5) is 18.9 Å². The van der Waals surface area contributed by atoms with Gasteiger partial charge in [0.25, 0.3) is 5.91 Å². The molecule has 1 aromatic carbocycles. The van der Waals surface area contributed by atoms with Crippen molar-refractivity contribution in [3.05, 3.63) is 53.3 Å². The van der Waals surface area contributed by atoms with E-state index in [1.165, 1.54) is 0 Å². The molecule has 208 valence electrons. The average molecular weight is 558 g/mol. The molecule has 0 aliphatic rings. The smallest absolute Gasteiger partial charge is 0.491 e. The van der Waals surface area contributed by atoms with Gasteiger partial charge in [-0.3, -0.25) is 14.6 Å². The number of pyridine rings is 1. The molecule has 0 unspecified atom stereocenters. The van der Waals surface area contributed by atoms with E-state index < -0.39 is 18.1 Å². The fourth-order valence-electron chi connectivity index (χ4n) is 3.46. The van der Waals surface area contributed by atoms with E-state index in [9.17, 15) is 27.6 Å². The van der Waals surface area contributed by atoms with Crippen molar-refractivity contribution in [3.8, 4) is 5.75 Å². The fourth-order valence-corrected chi connectivity index (χ4v) is 3.69. The molecule has 0 atom stereocenters. The first-order chi connectivity index (χ1) is 18.0. The van der Waals surface area contributed by atoms with Crippen molar-refractivity contribution in [2.24, 2.45) is 5.92 Å². The lowest BCUT2D eigenvalue weighted by atomic mass is 10.1. The third kappa shape index (κ3) is 11.4. The number of nitrogens with one attached hydrogen (secondary N) is 1. The summed E-state index contributed by atoms with van der Waals surface area (Å²) >= 11 is 6.24. The molecule has 0 spiro atoms. The number of halogens is 4. The Morgan fingerprint density at radius 3 is 2.45 bits per heavy atom. The highest BCUT2D eigenvalue weighted by atomic mass is 35.5. The fraction of sp³-hybridized carbons (Fsp3) is 0.462. The number of alkyl halides is 3. The maximum Gasteiger partial charge on any atom is 0.491 e. The van der Waals surface area contributed by atoms with Crippen molar-refractivity contribution in [3.63, 3.8) is 0 Å². The molecule has 0 aliphatic carbocycles. The molecule has 12 heteroatoms. The van der Waals surface area contributed by atoms with Gasteiger partial charge in [-0.25, -0.2) is 4.79 Å². The summed E-state index contributed by atoms with van der Waals surface area (Å²) in [6.07, 6.45) is -1.02. The first-order valence-corrected chi connectivity index (χ1v) is 12.5. The van der Waals surface area contributed by atoms with Gasteiger partial charge in [-0.05, 0) is 49.1 Å². The van der Waals surface area contributed by atoms with Crippen LogP contribution in [0.5, 0.6) is 5.75 Å². The van der Waals surface area contributed by atoms with E-state index in [2.05, 4.69) is 15.0 Å². The minimum Gasteiger partial charge on any atom is -0.492 e. The van der Waals surface area contributed by atoms with Gasteiger partial charge in [-0.15, -0.1) is 0 Å². The second kappa shape index (κ2) is 15.2. The standard InChI is InChI=1S/C26H31ClF3N3O5/c1-18(2)17-33(12-5-3-4-6-23(34)38-25(36)26(28,29)30)24(35)19-14-20(27)16-22(15-19)37-13-11-32-21-7-9-31-10-8-21/h7-10,14-16,18H,3-6,11-13,17H2,1-2H3,(H,31,32). The molecule has 1 amide bonds. The molecule has 1 aromatic heterocycles. The molecular formula is C26H31ClF3N3O5. The summed E-state index contributed by atoms with van der Waals surface area (Å²) in [7, 11) is 0.